The number of benzene rings is 2. The Hall–Kier alpha value is -2.18. The van der Waals surface area contributed by atoms with E-state index >= 15 is 0 Å². The Morgan fingerprint density at radius 3 is 2.52 bits per heavy atom. The predicted octanol–water partition coefficient (Wildman–Crippen LogP) is 3.75. The minimum Gasteiger partial charge on any atom is -0.347 e. The van der Waals surface area contributed by atoms with E-state index in [4.69, 9.17) is 0 Å². The number of hydrogen-bond donors (Lipinski definition) is 1. The molecule has 1 N–H and O–H groups in total. The second-order valence-electron chi connectivity index (χ2n) is 7.66. The average molecular weight is 384 g/mol. The van der Waals surface area contributed by atoms with E-state index in [0.29, 0.717) is 5.92 Å². The molecule has 3 aromatic rings. The number of piperidine rings is 1. The lowest BCUT2D eigenvalue weighted by Crippen LogP contribution is -2.30. The molecule has 0 amide bonds. The van der Waals surface area contributed by atoms with Gasteiger partial charge in [0, 0.05) is 29.7 Å². The number of hydrogen-bond acceptors (Lipinski definition) is 3. The fraction of sp³-hybridized carbons (Fsp3) is 0.333. The minimum atomic E-state index is -3.68. The Morgan fingerprint density at radius 1 is 1.07 bits per heavy atom. The molecule has 27 heavy (non-hydrogen) atoms. The number of nitrogens with zero attached hydrogens (tertiary/aromatic N) is 1. The number of rotatable bonds is 2. The quantitative estimate of drug-likeness (QED) is 0.685. The third-order valence-electron chi connectivity index (χ3n) is 6.12. The van der Waals surface area contributed by atoms with Crippen LogP contribution in [0.15, 0.2) is 52.3 Å². The van der Waals surface area contributed by atoms with Gasteiger partial charge in [-0.2, -0.15) is 0 Å². The van der Waals surface area contributed by atoms with Gasteiger partial charge in [0.15, 0.2) is 0 Å². The molecule has 2 bridgehead atoms. The number of aromatic nitrogens is 1. The van der Waals surface area contributed by atoms with Crippen LogP contribution in [0.3, 0.4) is 0 Å². The molecule has 1 aliphatic carbocycles. The maximum atomic E-state index is 13.2. The maximum Gasteiger partial charge on any atom is 0.206 e. The summed E-state index contributed by atoms with van der Waals surface area (Å²) in [4.78, 5) is 0.373. The molecule has 1 aromatic heterocycles. The van der Waals surface area contributed by atoms with Crippen LogP contribution >= 0.6 is 0 Å². The normalized spacial score (nSPS) is 22.0. The highest BCUT2D eigenvalue weighted by Crippen LogP contribution is 2.41. The average Bonchev–Trinajstić information content (AvgIpc) is 2.83. The van der Waals surface area contributed by atoms with E-state index in [-0.39, 0.29) is 15.8 Å². The van der Waals surface area contributed by atoms with Crippen LogP contribution in [0.4, 0.5) is 4.39 Å². The molecule has 4 nitrogen and oxygen atoms in total. The summed E-state index contributed by atoms with van der Waals surface area (Å²) in [6.45, 7) is 1.02. The molecule has 2 aromatic carbocycles. The molecule has 1 fully saturated rings. The first kappa shape index (κ1) is 17.0. The second-order valence-corrected chi connectivity index (χ2v) is 9.61. The van der Waals surface area contributed by atoms with Crippen LogP contribution in [0.2, 0.25) is 0 Å². The van der Waals surface area contributed by atoms with Crippen LogP contribution < -0.4 is 5.32 Å². The number of aryl methyl sites for hydroxylation is 1. The van der Waals surface area contributed by atoms with Gasteiger partial charge in [-0.05, 0) is 79.8 Å². The van der Waals surface area contributed by atoms with E-state index in [1.807, 2.05) is 6.07 Å². The fourth-order valence-corrected chi connectivity index (χ4v) is 5.95. The number of nitrogens with one attached hydrogen (secondary N) is 1. The summed E-state index contributed by atoms with van der Waals surface area (Å²) < 4.78 is 41.5. The van der Waals surface area contributed by atoms with Crippen molar-refractivity contribution in [2.45, 2.75) is 35.1 Å². The molecule has 3 heterocycles. The lowest BCUT2D eigenvalue weighted by Gasteiger charge is -2.25. The molecule has 2 unspecified atom stereocenters. The highest BCUT2D eigenvalue weighted by atomic mass is 32.2. The van der Waals surface area contributed by atoms with Crippen molar-refractivity contribution in [1.82, 2.24) is 9.88 Å². The molecule has 140 valence electrons. The van der Waals surface area contributed by atoms with Crippen molar-refractivity contribution in [2.24, 2.45) is 13.0 Å². The Labute approximate surface area is 157 Å². The van der Waals surface area contributed by atoms with Gasteiger partial charge in [-0.3, -0.25) is 0 Å². The SMILES string of the molecule is Cn1c2c(c3cc(S(=O)(=O)c4ccc(F)cc4)ccc31)C1CCC(CN1)C2. The summed E-state index contributed by atoms with van der Waals surface area (Å²) in [7, 11) is -1.61. The van der Waals surface area contributed by atoms with Gasteiger partial charge in [0.25, 0.3) is 0 Å². The van der Waals surface area contributed by atoms with Gasteiger partial charge >= 0.3 is 0 Å². The predicted molar refractivity (Wildman–Crippen MR) is 102 cm³/mol. The van der Waals surface area contributed by atoms with Gasteiger partial charge in [0.2, 0.25) is 9.84 Å². The van der Waals surface area contributed by atoms with Crippen molar-refractivity contribution in [3.8, 4) is 0 Å². The summed E-state index contributed by atoms with van der Waals surface area (Å²) in [6, 6.07) is 10.6. The lowest BCUT2D eigenvalue weighted by molar-refractivity contribution is 0.332. The Morgan fingerprint density at radius 2 is 1.81 bits per heavy atom. The van der Waals surface area contributed by atoms with Gasteiger partial charge in [-0.1, -0.05) is 0 Å². The zero-order chi connectivity index (χ0) is 18.8. The zero-order valence-corrected chi connectivity index (χ0v) is 15.9. The molecular weight excluding hydrogens is 363 g/mol. The van der Waals surface area contributed by atoms with E-state index in [2.05, 4.69) is 16.9 Å². The zero-order valence-electron chi connectivity index (χ0n) is 15.1. The van der Waals surface area contributed by atoms with Crippen LogP contribution in [0.25, 0.3) is 10.9 Å². The molecule has 0 radical (unpaired) electrons. The Balaban J connectivity index is 1.70. The van der Waals surface area contributed by atoms with Crippen molar-refractivity contribution >= 4 is 20.7 Å². The summed E-state index contributed by atoms with van der Waals surface area (Å²) in [5.74, 6) is 0.201. The fourth-order valence-electron chi connectivity index (χ4n) is 4.67. The summed E-state index contributed by atoms with van der Waals surface area (Å²) in [5, 5.41) is 4.64. The molecule has 0 saturated carbocycles. The van der Waals surface area contributed by atoms with Crippen LogP contribution in [0.5, 0.6) is 0 Å². The standard InChI is InChI=1S/C21H21FN2O2S/c1-24-19-9-7-16(27(25,26)15-5-3-14(22)4-6-15)11-17(19)21-18-8-2-13(12-23-18)10-20(21)24/h3-7,9,11,13,18,23H,2,8,10,12H2,1H3. The largest absolute Gasteiger partial charge is 0.347 e. The van der Waals surface area contributed by atoms with Crippen molar-refractivity contribution < 1.29 is 12.8 Å². The molecule has 2 atom stereocenters. The van der Waals surface area contributed by atoms with Crippen LogP contribution in [0, 0.1) is 11.7 Å². The van der Waals surface area contributed by atoms with E-state index < -0.39 is 15.7 Å². The third-order valence-corrected chi connectivity index (χ3v) is 7.88. The highest BCUT2D eigenvalue weighted by molar-refractivity contribution is 7.91. The van der Waals surface area contributed by atoms with Crippen molar-refractivity contribution in [3.05, 3.63) is 59.5 Å². The number of sulfone groups is 1. The van der Waals surface area contributed by atoms with Crippen molar-refractivity contribution in [2.75, 3.05) is 6.54 Å². The Bertz CT molecular complexity index is 1140. The van der Waals surface area contributed by atoms with Gasteiger partial charge in [-0.25, -0.2) is 12.8 Å². The number of halogens is 1. The highest BCUT2D eigenvalue weighted by Gasteiger charge is 2.33. The van der Waals surface area contributed by atoms with E-state index in [1.165, 1.54) is 41.9 Å². The smallest absolute Gasteiger partial charge is 0.206 e. The summed E-state index contributed by atoms with van der Waals surface area (Å²) >= 11 is 0. The first-order valence-electron chi connectivity index (χ1n) is 9.30. The van der Waals surface area contributed by atoms with E-state index in [0.717, 1.165) is 30.3 Å². The van der Waals surface area contributed by atoms with Gasteiger partial charge in [-0.15, -0.1) is 0 Å². The first-order valence-corrected chi connectivity index (χ1v) is 10.8. The van der Waals surface area contributed by atoms with Crippen LogP contribution in [0.1, 0.15) is 30.1 Å². The third kappa shape index (κ3) is 2.54. The maximum absolute atomic E-state index is 13.2. The molecule has 3 aliphatic rings. The van der Waals surface area contributed by atoms with Crippen molar-refractivity contribution in [3.63, 3.8) is 0 Å². The molecule has 1 saturated heterocycles. The number of fused-ring (bicyclic) bond motifs is 3. The Kier molecular flexibility index (Phi) is 3.71. The lowest BCUT2D eigenvalue weighted by atomic mass is 9.95. The molecule has 6 heteroatoms. The van der Waals surface area contributed by atoms with E-state index in [1.54, 1.807) is 12.1 Å². The van der Waals surface area contributed by atoms with Crippen molar-refractivity contribution in [1.29, 1.82) is 0 Å². The molecular formula is C21H21FN2O2S. The first-order chi connectivity index (χ1) is 12.9. The molecule has 0 spiro atoms. The van der Waals surface area contributed by atoms with Crippen LogP contribution in [-0.2, 0) is 23.3 Å². The summed E-state index contributed by atoms with van der Waals surface area (Å²) in [5.41, 5.74) is 3.63. The van der Waals surface area contributed by atoms with Gasteiger partial charge < -0.3 is 9.88 Å². The van der Waals surface area contributed by atoms with Gasteiger partial charge in [0.1, 0.15) is 5.82 Å². The molecule has 2 aliphatic heterocycles. The molecule has 6 rings (SSSR count). The topological polar surface area (TPSA) is 51.1 Å². The van der Waals surface area contributed by atoms with Crippen LogP contribution in [-0.4, -0.2) is 19.5 Å². The monoisotopic (exact) mass is 384 g/mol. The van der Waals surface area contributed by atoms with E-state index in [9.17, 15) is 12.8 Å². The second kappa shape index (κ2) is 5.91. The summed E-state index contributed by atoms with van der Waals surface area (Å²) in [6.07, 6.45) is 3.33. The van der Waals surface area contributed by atoms with Gasteiger partial charge in [0.05, 0.1) is 9.79 Å². The minimum absolute atomic E-state index is 0.115.